The number of hydrogen-bond donors (Lipinski definition) is 0. The highest BCUT2D eigenvalue weighted by molar-refractivity contribution is 5.77. The minimum atomic E-state index is 0.0849. The van der Waals surface area contributed by atoms with Crippen molar-refractivity contribution in [3.8, 4) is 0 Å². The van der Waals surface area contributed by atoms with Crippen LogP contribution in [0.5, 0.6) is 0 Å². The van der Waals surface area contributed by atoms with Crippen molar-refractivity contribution in [3.63, 3.8) is 0 Å². The summed E-state index contributed by atoms with van der Waals surface area (Å²) < 4.78 is 3.73. The molecule has 1 fully saturated rings. The van der Waals surface area contributed by atoms with Gasteiger partial charge < -0.3 is 4.90 Å². The highest BCUT2D eigenvalue weighted by atomic mass is 16.1. The lowest BCUT2D eigenvalue weighted by atomic mass is 9.96. The van der Waals surface area contributed by atoms with E-state index in [2.05, 4.69) is 20.2 Å². The molecule has 7 heteroatoms. The molecule has 0 amide bonds. The Bertz CT molecular complexity index is 925. The van der Waals surface area contributed by atoms with Gasteiger partial charge in [0.25, 0.3) is 5.56 Å². The van der Waals surface area contributed by atoms with Crippen LogP contribution in [0.3, 0.4) is 0 Å². The summed E-state index contributed by atoms with van der Waals surface area (Å²) in [7, 11) is 0. The van der Waals surface area contributed by atoms with Crippen LogP contribution in [0.4, 0.5) is 0 Å². The average molecular weight is 352 g/mol. The molecule has 1 aromatic carbocycles. The van der Waals surface area contributed by atoms with Crippen molar-refractivity contribution in [1.29, 1.82) is 0 Å². The third kappa shape index (κ3) is 3.53. The van der Waals surface area contributed by atoms with Gasteiger partial charge in [-0.3, -0.25) is 14.0 Å². The molecule has 1 saturated heterocycles. The third-order valence-corrected chi connectivity index (χ3v) is 5.32. The zero-order chi connectivity index (χ0) is 17.9. The van der Waals surface area contributed by atoms with Crippen LogP contribution in [0.25, 0.3) is 10.9 Å². The van der Waals surface area contributed by atoms with E-state index in [-0.39, 0.29) is 5.56 Å². The lowest BCUT2D eigenvalue weighted by Crippen LogP contribution is -2.38. The maximum Gasteiger partial charge on any atom is 0.261 e. The lowest BCUT2D eigenvalue weighted by Gasteiger charge is -2.32. The molecule has 3 heterocycles. The van der Waals surface area contributed by atoms with Crippen LogP contribution in [0, 0.1) is 12.8 Å². The summed E-state index contributed by atoms with van der Waals surface area (Å²) in [6, 6.07) is 7.60. The Morgan fingerprint density at radius 3 is 2.73 bits per heavy atom. The fourth-order valence-electron chi connectivity index (χ4n) is 3.74. The first kappa shape index (κ1) is 16.9. The highest BCUT2D eigenvalue weighted by Gasteiger charge is 2.21. The number of benzene rings is 1. The predicted octanol–water partition coefficient (Wildman–Crippen LogP) is 1.71. The second-order valence-electron chi connectivity index (χ2n) is 7.04. The molecule has 136 valence electrons. The van der Waals surface area contributed by atoms with Gasteiger partial charge in [0, 0.05) is 19.3 Å². The molecule has 2 aromatic heterocycles. The van der Waals surface area contributed by atoms with E-state index in [0.29, 0.717) is 11.3 Å². The van der Waals surface area contributed by atoms with Crippen LogP contribution < -0.4 is 5.56 Å². The zero-order valence-electron chi connectivity index (χ0n) is 15.1. The molecule has 0 spiro atoms. The van der Waals surface area contributed by atoms with Gasteiger partial charge in [0.05, 0.1) is 23.6 Å². The van der Waals surface area contributed by atoms with Crippen molar-refractivity contribution in [2.24, 2.45) is 5.92 Å². The summed E-state index contributed by atoms with van der Waals surface area (Å²) in [6.07, 6.45) is 5.82. The summed E-state index contributed by atoms with van der Waals surface area (Å²) in [5.74, 6) is 1.33. The monoisotopic (exact) mass is 352 g/mol. The molecule has 0 N–H and O–H groups in total. The van der Waals surface area contributed by atoms with Crippen LogP contribution in [-0.4, -0.2) is 49.1 Å². The lowest BCUT2D eigenvalue weighted by molar-refractivity contribution is 0.165. The summed E-state index contributed by atoms with van der Waals surface area (Å²) in [5, 5.41) is 8.56. The summed E-state index contributed by atoms with van der Waals surface area (Å²) in [5.41, 5.74) is 0.871. The molecular formula is C19H24N6O. The van der Waals surface area contributed by atoms with Gasteiger partial charge in [-0.25, -0.2) is 4.98 Å². The van der Waals surface area contributed by atoms with E-state index < -0.39 is 0 Å². The topological polar surface area (TPSA) is 68.8 Å². The summed E-state index contributed by atoms with van der Waals surface area (Å²) >= 11 is 0. The molecule has 3 aromatic rings. The Morgan fingerprint density at radius 1 is 1.15 bits per heavy atom. The first-order valence-corrected chi connectivity index (χ1v) is 9.23. The number of piperidine rings is 1. The smallest absolute Gasteiger partial charge is 0.261 e. The minimum absolute atomic E-state index is 0.0849. The molecular weight excluding hydrogens is 328 g/mol. The SMILES string of the molecule is Cc1nc2ccccc2c(=O)n1CC1CCN(CCn2ccnn2)CC1. The molecule has 26 heavy (non-hydrogen) atoms. The van der Waals surface area contributed by atoms with Crippen LogP contribution >= 0.6 is 0 Å². The normalized spacial score (nSPS) is 16.3. The summed E-state index contributed by atoms with van der Waals surface area (Å²) in [6.45, 7) is 6.69. The van der Waals surface area contributed by atoms with Gasteiger partial charge in [0.1, 0.15) is 5.82 Å². The van der Waals surface area contributed by atoms with Crippen LogP contribution in [-0.2, 0) is 13.1 Å². The molecule has 0 bridgehead atoms. The van der Waals surface area contributed by atoms with E-state index in [1.54, 1.807) is 6.20 Å². The van der Waals surface area contributed by atoms with Gasteiger partial charge in [0.2, 0.25) is 0 Å². The van der Waals surface area contributed by atoms with Gasteiger partial charge in [-0.15, -0.1) is 5.10 Å². The van der Waals surface area contributed by atoms with Crippen molar-refractivity contribution in [3.05, 3.63) is 52.8 Å². The largest absolute Gasteiger partial charge is 0.301 e. The van der Waals surface area contributed by atoms with Crippen LogP contribution in [0.15, 0.2) is 41.5 Å². The van der Waals surface area contributed by atoms with Crippen LogP contribution in [0.2, 0.25) is 0 Å². The molecule has 1 aliphatic rings. The van der Waals surface area contributed by atoms with Crippen LogP contribution in [0.1, 0.15) is 18.7 Å². The number of hydrogen-bond acceptors (Lipinski definition) is 5. The number of nitrogens with zero attached hydrogens (tertiary/aromatic N) is 6. The molecule has 0 atom stereocenters. The van der Waals surface area contributed by atoms with Crippen molar-refractivity contribution in [1.82, 2.24) is 29.4 Å². The standard InChI is InChI=1S/C19H24N6O/c1-15-21-18-5-3-2-4-17(18)19(26)25(15)14-16-6-9-23(10-7-16)12-13-24-11-8-20-22-24/h2-5,8,11,16H,6-7,9-10,12-14H2,1H3. The third-order valence-electron chi connectivity index (χ3n) is 5.32. The molecule has 0 radical (unpaired) electrons. The van der Waals surface area contributed by atoms with Crippen molar-refractivity contribution in [2.75, 3.05) is 19.6 Å². The number of aromatic nitrogens is 5. The second-order valence-corrected chi connectivity index (χ2v) is 7.04. The maximum atomic E-state index is 12.8. The van der Waals surface area contributed by atoms with Crippen molar-refractivity contribution < 1.29 is 0 Å². The number of fused-ring (bicyclic) bond motifs is 1. The van der Waals surface area contributed by atoms with Crippen molar-refractivity contribution in [2.45, 2.75) is 32.9 Å². The van der Waals surface area contributed by atoms with E-state index in [9.17, 15) is 4.79 Å². The Hall–Kier alpha value is -2.54. The Kier molecular flexibility index (Phi) is 4.79. The number of aryl methyl sites for hydroxylation is 1. The summed E-state index contributed by atoms with van der Waals surface area (Å²) in [4.78, 5) is 19.9. The van der Waals surface area contributed by atoms with Crippen molar-refractivity contribution >= 4 is 10.9 Å². The Morgan fingerprint density at radius 2 is 1.96 bits per heavy atom. The average Bonchev–Trinajstić information content (AvgIpc) is 3.18. The Labute approximate surface area is 152 Å². The van der Waals surface area contributed by atoms with Gasteiger partial charge in [-0.2, -0.15) is 0 Å². The predicted molar refractivity (Wildman–Crippen MR) is 99.9 cm³/mol. The molecule has 1 aliphatic heterocycles. The molecule has 0 unspecified atom stereocenters. The van der Waals surface area contributed by atoms with E-state index in [4.69, 9.17) is 0 Å². The number of para-hydroxylation sites is 1. The molecule has 7 nitrogen and oxygen atoms in total. The second kappa shape index (κ2) is 7.37. The first-order chi connectivity index (χ1) is 12.7. The highest BCUT2D eigenvalue weighted by Crippen LogP contribution is 2.19. The number of rotatable bonds is 5. The van der Waals surface area contributed by atoms with Gasteiger partial charge in [-0.1, -0.05) is 17.3 Å². The maximum absolute atomic E-state index is 12.8. The van der Waals surface area contributed by atoms with Gasteiger partial charge in [-0.05, 0) is 50.9 Å². The van der Waals surface area contributed by atoms with Gasteiger partial charge >= 0.3 is 0 Å². The van der Waals surface area contributed by atoms with Gasteiger partial charge in [0.15, 0.2) is 0 Å². The number of likely N-dealkylation sites (tertiary alicyclic amines) is 1. The van der Waals surface area contributed by atoms with E-state index in [1.165, 1.54) is 0 Å². The first-order valence-electron chi connectivity index (χ1n) is 9.23. The zero-order valence-corrected chi connectivity index (χ0v) is 15.1. The molecule has 0 aliphatic carbocycles. The van der Waals surface area contributed by atoms with E-state index in [0.717, 1.165) is 56.9 Å². The fourth-order valence-corrected chi connectivity index (χ4v) is 3.74. The quantitative estimate of drug-likeness (QED) is 0.699. The van der Waals surface area contributed by atoms with E-state index in [1.807, 2.05) is 46.6 Å². The van der Waals surface area contributed by atoms with E-state index >= 15 is 0 Å². The molecule has 4 rings (SSSR count). The fraction of sp³-hybridized carbons (Fsp3) is 0.474. The Balaban J connectivity index is 1.38. The molecule has 0 saturated carbocycles. The minimum Gasteiger partial charge on any atom is -0.301 e.